The second-order valence-electron chi connectivity index (χ2n) is 3.79. The van der Waals surface area contributed by atoms with Crippen LogP contribution in [0.5, 0.6) is 0 Å². The normalized spacial score (nSPS) is 12.6. The first-order valence-electron chi connectivity index (χ1n) is 5.04. The van der Waals surface area contributed by atoms with Crippen molar-refractivity contribution < 1.29 is 19.1 Å². The second-order valence-corrected chi connectivity index (χ2v) is 3.79. The molecule has 0 amide bonds. The number of aryl methyl sites for hydroxylation is 1. The Bertz CT molecular complexity index is 697. The van der Waals surface area contributed by atoms with Gasteiger partial charge in [-0.2, -0.15) is 0 Å². The van der Waals surface area contributed by atoms with Gasteiger partial charge in [0.2, 0.25) is 0 Å². The van der Waals surface area contributed by atoms with E-state index in [2.05, 4.69) is 0 Å². The molecular formula is C11H10N2O5. The largest absolute Gasteiger partial charge is 0.480 e. The number of hydrogen-bond donors (Lipinski definition) is 2. The van der Waals surface area contributed by atoms with Gasteiger partial charge < -0.3 is 15.3 Å². The molecule has 0 bridgehead atoms. The van der Waals surface area contributed by atoms with E-state index in [9.17, 15) is 14.4 Å². The monoisotopic (exact) mass is 250 g/mol. The lowest BCUT2D eigenvalue weighted by atomic mass is 10.0. The summed E-state index contributed by atoms with van der Waals surface area (Å²) in [5.41, 5.74) is 6.04. The zero-order valence-corrected chi connectivity index (χ0v) is 9.41. The summed E-state index contributed by atoms with van der Waals surface area (Å²) in [6.45, 7) is 0. The number of carbonyl (C=O) groups excluding carboxylic acids is 1. The number of hydrogen-bond acceptors (Lipinski definition) is 5. The van der Waals surface area contributed by atoms with Crippen molar-refractivity contribution in [3.63, 3.8) is 0 Å². The van der Waals surface area contributed by atoms with E-state index in [-0.39, 0.29) is 11.1 Å². The molecule has 1 unspecified atom stereocenters. The number of oxazole rings is 1. The highest BCUT2D eigenvalue weighted by atomic mass is 16.4. The fraction of sp³-hybridized carbons (Fsp3) is 0.182. The van der Waals surface area contributed by atoms with Crippen molar-refractivity contribution in [2.24, 2.45) is 12.8 Å². The molecule has 0 saturated carbocycles. The topological polar surface area (TPSA) is 116 Å². The standard InChI is InChI=1S/C11H10N2O5/c1-13-6-3-2-5(4-7(6)18-11(13)17)9(14)8(12)10(15)16/h2-4,8H,12H2,1H3,(H,15,16). The van der Waals surface area contributed by atoms with Crippen molar-refractivity contribution >= 4 is 22.9 Å². The molecular weight excluding hydrogens is 240 g/mol. The summed E-state index contributed by atoms with van der Waals surface area (Å²) in [6, 6.07) is 2.59. The predicted molar refractivity (Wildman–Crippen MR) is 61.4 cm³/mol. The van der Waals surface area contributed by atoms with Crippen LogP contribution in [0.4, 0.5) is 0 Å². The minimum Gasteiger partial charge on any atom is -0.480 e. The molecule has 3 N–H and O–H groups in total. The Morgan fingerprint density at radius 3 is 2.72 bits per heavy atom. The van der Waals surface area contributed by atoms with Gasteiger partial charge in [-0.3, -0.25) is 14.2 Å². The first kappa shape index (κ1) is 12.1. The number of nitrogens with two attached hydrogens (primary N) is 1. The predicted octanol–water partition coefficient (Wildman–Crippen LogP) is -0.274. The van der Waals surface area contributed by atoms with Gasteiger partial charge in [0.1, 0.15) is 0 Å². The third-order valence-corrected chi connectivity index (χ3v) is 2.63. The third kappa shape index (κ3) is 1.80. The fourth-order valence-electron chi connectivity index (χ4n) is 1.58. The highest BCUT2D eigenvalue weighted by Crippen LogP contribution is 2.15. The minimum atomic E-state index is -1.63. The van der Waals surface area contributed by atoms with Crippen molar-refractivity contribution in [3.05, 3.63) is 34.3 Å². The molecule has 0 fully saturated rings. The Balaban J connectivity index is 2.51. The summed E-state index contributed by atoms with van der Waals surface area (Å²) in [6.07, 6.45) is 0. The molecule has 0 saturated heterocycles. The number of carboxylic acids is 1. The molecule has 0 aliphatic rings. The summed E-state index contributed by atoms with van der Waals surface area (Å²) < 4.78 is 6.18. The van der Waals surface area contributed by atoms with Crippen molar-refractivity contribution in [1.29, 1.82) is 0 Å². The Morgan fingerprint density at radius 2 is 2.11 bits per heavy atom. The summed E-state index contributed by atoms with van der Waals surface area (Å²) in [7, 11) is 1.53. The smallest absolute Gasteiger partial charge is 0.419 e. The van der Waals surface area contributed by atoms with Gasteiger partial charge in [-0.05, 0) is 18.2 Å². The molecule has 2 rings (SSSR count). The van der Waals surface area contributed by atoms with Crippen LogP contribution in [-0.4, -0.2) is 27.5 Å². The van der Waals surface area contributed by atoms with Crippen molar-refractivity contribution in [3.8, 4) is 0 Å². The van der Waals surface area contributed by atoms with Crippen LogP contribution in [0.1, 0.15) is 10.4 Å². The van der Waals surface area contributed by atoms with Gasteiger partial charge in [0.05, 0.1) is 5.52 Å². The molecule has 0 aliphatic carbocycles. The molecule has 1 aromatic carbocycles. The van der Waals surface area contributed by atoms with E-state index in [1.165, 1.54) is 29.8 Å². The number of nitrogens with zero attached hydrogens (tertiary/aromatic N) is 1. The van der Waals surface area contributed by atoms with Crippen LogP contribution in [0.2, 0.25) is 0 Å². The Hall–Kier alpha value is -2.41. The first-order valence-corrected chi connectivity index (χ1v) is 5.04. The number of carboxylic acid groups (broad SMARTS) is 1. The highest BCUT2D eigenvalue weighted by Gasteiger charge is 2.23. The highest BCUT2D eigenvalue weighted by molar-refractivity contribution is 6.12. The van der Waals surface area contributed by atoms with Crippen LogP contribution in [-0.2, 0) is 11.8 Å². The number of ketones is 1. The molecule has 1 atom stereocenters. The van der Waals surface area contributed by atoms with E-state index in [4.69, 9.17) is 15.3 Å². The molecule has 1 heterocycles. The van der Waals surface area contributed by atoms with E-state index >= 15 is 0 Å². The molecule has 94 valence electrons. The van der Waals surface area contributed by atoms with Gasteiger partial charge in [-0.15, -0.1) is 0 Å². The van der Waals surface area contributed by atoms with Gasteiger partial charge in [0.15, 0.2) is 17.4 Å². The number of carbonyl (C=O) groups is 2. The van der Waals surface area contributed by atoms with Crippen molar-refractivity contribution in [1.82, 2.24) is 4.57 Å². The summed E-state index contributed by atoms with van der Waals surface area (Å²) >= 11 is 0. The first-order chi connectivity index (χ1) is 8.41. The third-order valence-electron chi connectivity index (χ3n) is 2.63. The Morgan fingerprint density at radius 1 is 1.44 bits per heavy atom. The van der Waals surface area contributed by atoms with E-state index in [0.717, 1.165) is 0 Å². The van der Waals surface area contributed by atoms with Crippen LogP contribution in [0.25, 0.3) is 11.1 Å². The molecule has 0 spiro atoms. The van der Waals surface area contributed by atoms with Crippen LogP contribution in [0.3, 0.4) is 0 Å². The van der Waals surface area contributed by atoms with Crippen LogP contribution < -0.4 is 11.5 Å². The van der Waals surface area contributed by atoms with Crippen molar-refractivity contribution in [2.75, 3.05) is 0 Å². The Kier molecular flexibility index (Phi) is 2.76. The maximum atomic E-state index is 11.7. The van der Waals surface area contributed by atoms with Gasteiger partial charge >= 0.3 is 11.7 Å². The van der Waals surface area contributed by atoms with E-state index < -0.39 is 23.6 Å². The van der Waals surface area contributed by atoms with Gasteiger partial charge in [0.25, 0.3) is 0 Å². The van der Waals surface area contributed by atoms with Gasteiger partial charge in [-0.25, -0.2) is 4.79 Å². The second kappa shape index (κ2) is 4.11. The molecule has 0 radical (unpaired) electrons. The van der Waals surface area contributed by atoms with Crippen LogP contribution in [0.15, 0.2) is 27.4 Å². The number of Topliss-reactive ketones (excluding diaryl/α,β-unsaturated/α-hetero) is 1. The quantitative estimate of drug-likeness (QED) is 0.572. The van der Waals surface area contributed by atoms with Crippen LogP contribution >= 0.6 is 0 Å². The Labute approximate surface area is 100 Å². The lowest BCUT2D eigenvalue weighted by Gasteiger charge is -2.04. The fourth-order valence-corrected chi connectivity index (χ4v) is 1.58. The summed E-state index contributed by atoms with van der Waals surface area (Å²) in [5.74, 6) is -2.71. The number of aromatic nitrogens is 1. The SMILES string of the molecule is Cn1c(=O)oc2cc(C(=O)C(N)C(=O)O)ccc21. The van der Waals surface area contributed by atoms with E-state index in [0.29, 0.717) is 5.52 Å². The van der Waals surface area contributed by atoms with Crippen LogP contribution in [0, 0.1) is 0 Å². The van der Waals surface area contributed by atoms with E-state index in [1.54, 1.807) is 0 Å². The zero-order chi connectivity index (χ0) is 13.4. The molecule has 2 aromatic rings. The number of rotatable bonds is 3. The lowest BCUT2D eigenvalue weighted by Crippen LogP contribution is -2.38. The summed E-state index contributed by atoms with van der Waals surface area (Å²) in [4.78, 5) is 33.6. The average Bonchev–Trinajstić information content (AvgIpc) is 2.62. The lowest BCUT2D eigenvalue weighted by molar-refractivity contribution is -0.137. The maximum absolute atomic E-state index is 11.7. The molecule has 7 heteroatoms. The number of benzene rings is 1. The number of fused-ring (bicyclic) bond motifs is 1. The van der Waals surface area contributed by atoms with E-state index in [1.807, 2.05) is 0 Å². The number of aliphatic carboxylic acids is 1. The molecule has 7 nitrogen and oxygen atoms in total. The average molecular weight is 250 g/mol. The molecule has 18 heavy (non-hydrogen) atoms. The molecule has 1 aromatic heterocycles. The minimum absolute atomic E-state index is 0.0896. The molecule has 0 aliphatic heterocycles. The van der Waals surface area contributed by atoms with Gasteiger partial charge in [-0.1, -0.05) is 0 Å². The van der Waals surface area contributed by atoms with Gasteiger partial charge in [0, 0.05) is 12.6 Å². The zero-order valence-electron chi connectivity index (χ0n) is 9.41. The van der Waals surface area contributed by atoms with Crippen molar-refractivity contribution in [2.45, 2.75) is 6.04 Å². The summed E-state index contributed by atoms with van der Waals surface area (Å²) in [5, 5.41) is 8.65. The maximum Gasteiger partial charge on any atom is 0.419 e.